The van der Waals surface area contributed by atoms with Gasteiger partial charge in [0.25, 0.3) is 5.91 Å². The van der Waals surface area contributed by atoms with E-state index in [1.54, 1.807) is 42.7 Å². The zero-order chi connectivity index (χ0) is 17.6. The van der Waals surface area contributed by atoms with Gasteiger partial charge in [0.2, 0.25) is 0 Å². The van der Waals surface area contributed by atoms with Crippen LogP contribution in [-0.4, -0.2) is 47.3 Å². The van der Waals surface area contributed by atoms with E-state index in [0.717, 1.165) is 38.9 Å². The summed E-state index contributed by atoms with van der Waals surface area (Å²) in [5.41, 5.74) is 1.87. The fraction of sp³-hybridized carbons (Fsp3) is 0.400. The van der Waals surface area contributed by atoms with Gasteiger partial charge in [-0.05, 0) is 50.6 Å². The van der Waals surface area contributed by atoms with Crippen LogP contribution in [0.2, 0.25) is 0 Å². The topological polar surface area (TPSA) is 65.2 Å². The summed E-state index contributed by atoms with van der Waals surface area (Å²) in [4.78, 5) is 30.2. The number of hydrogen-bond acceptors (Lipinski definition) is 3. The number of H-pyrrole nitrogens is 1. The maximum atomic E-state index is 13.0. The number of aromatic nitrogens is 1. The number of ketones is 1. The molecule has 1 aliphatic heterocycles. The minimum atomic E-state index is -0.0379. The fourth-order valence-corrected chi connectivity index (χ4v) is 3.37. The van der Waals surface area contributed by atoms with Crippen molar-refractivity contribution in [3.8, 4) is 0 Å². The maximum absolute atomic E-state index is 13.0. The number of halogens is 1. The Bertz CT molecular complexity index is 707. The molecule has 0 aliphatic carbocycles. The largest absolute Gasteiger partial charge is 0.367 e. The molecule has 0 atom stereocenters. The van der Waals surface area contributed by atoms with Gasteiger partial charge in [-0.25, -0.2) is 0 Å². The molecule has 0 radical (unpaired) electrons. The van der Waals surface area contributed by atoms with Crippen LogP contribution in [0.25, 0.3) is 0 Å². The van der Waals surface area contributed by atoms with E-state index in [0.29, 0.717) is 22.7 Å². The predicted octanol–water partition coefficient (Wildman–Crippen LogP) is 3.27. The number of carbonyl (C=O) groups excluding carboxylic acids is 2. The Morgan fingerprint density at radius 1 is 1.04 bits per heavy atom. The summed E-state index contributed by atoms with van der Waals surface area (Å²) in [5.74, 6) is 0.0263. The van der Waals surface area contributed by atoms with E-state index in [1.165, 1.54) is 0 Å². The summed E-state index contributed by atoms with van der Waals surface area (Å²) in [7, 11) is 0. The highest BCUT2D eigenvalue weighted by Gasteiger charge is 2.25. The minimum Gasteiger partial charge on any atom is -0.367 e. The van der Waals surface area contributed by atoms with Gasteiger partial charge in [0.1, 0.15) is 0 Å². The number of aromatic amines is 1. The van der Waals surface area contributed by atoms with Crippen molar-refractivity contribution in [2.75, 3.05) is 19.6 Å². The lowest BCUT2D eigenvalue weighted by Gasteiger charge is -2.34. The molecule has 0 unspecified atom stereocenters. The first-order chi connectivity index (χ1) is 12.2. The van der Waals surface area contributed by atoms with Gasteiger partial charge in [0.15, 0.2) is 5.78 Å². The Kier molecular flexibility index (Phi) is 7.42. The summed E-state index contributed by atoms with van der Waals surface area (Å²) in [6.07, 6.45) is 6.35. The SMILES string of the molecule is CCCN(C(=O)c1ccc(C(=O)c2cc[nH]c2)cc1)C1CCNCC1.Cl. The van der Waals surface area contributed by atoms with E-state index in [-0.39, 0.29) is 24.1 Å². The fourth-order valence-electron chi connectivity index (χ4n) is 3.37. The Balaban J connectivity index is 0.00000243. The molecular formula is C20H26ClN3O2. The van der Waals surface area contributed by atoms with E-state index in [2.05, 4.69) is 17.2 Å². The number of nitrogens with one attached hydrogen (secondary N) is 2. The average molecular weight is 376 g/mol. The average Bonchev–Trinajstić information content (AvgIpc) is 3.20. The van der Waals surface area contributed by atoms with Crippen LogP contribution in [0.15, 0.2) is 42.7 Å². The van der Waals surface area contributed by atoms with Gasteiger partial charge in [0.05, 0.1) is 0 Å². The molecule has 6 heteroatoms. The van der Waals surface area contributed by atoms with Gasteiger partial charge in [0, 0.05) is 41.7 Å². The van der Waals surface area contributed by atoms with E-state index < -0.39 is 0 Å². The molecular weight excluding hydrogens is 350 g/mol. The first-order valence-electron chi connectivity index (χ1n) is 9.00. The normalized spacial score (nSPS) is 14.5. The third-order valence-electron chi connectivity index (χ3n) is 4.73. The maximum Gasteiger partial charge on any atom is 0.254 e. The molecule has 0 bridgehead atoms. The van der Waals surface area contributed by atoms with Gasteiger partial charge in [-0.2, -0.15) is 0 Å². The third-order valence-corrected chi connectivity index (χ3v) is 4.73. The molecule has 2 N–H and O–H groups in total. The molecule has 1 aromatic heterocycles. The van der Waals surface area contributed by atoms with E-state index >= 15 is 0 Å². The quantitative estimate of drug-likeness (QED) is 0.761. The van der Waals surface area contributed by atoms with Crippen LogP contribution in [-0.2, 0) is 0 Å². The lowest BCUT2D eigenvalue weighted by molar-refractivity contribution is 0.0642. The summed E-state index contributed by atoms with van der Waals surface area (Å²) < 4.78 is 0. The standard InChI is InChI=1S/C20H25N3O2.ClH/c1-2-13-23(18-8-11-21-12-9-18)20(25)16-5-3-15(4-6-16)19(24)17-7-10-22-14-17;/h3-7,10,14,18,21-22H,2,8-9,11-13H2,1H3;1H. The van der Waals surface area contributed by atoms with Crippen LogP contribution < -0.4 is 5.32 Å². The Morgan fingerprint density at radius 2 is 1.69 bits per heavy atom. The molecule has 1 aromatic carbocycles. The first kappa shape index (κ1) is 20.2. The monoisotopic (exact) mass is 375 g/mol. The van der Waals surface area contributed by atoms with Crippen molar-refractivity contribution in [1.29, 1.82) is 0 Å². The lowest BCUT2D eigenvalue weighted by atomic mass is 10.0. The summed E-state index contributed by atoms with van der Waals surface area (Å²) in [6, 6.07) is 9.08. The highest BCUT2D eigenvalue weighted by molar-refractivity contribution is 6.09. The van der Waals surface area contributed by atoms with E-state index in [4.69, 9.17) is 0 Å². The van der Waals surface area contributed by atoms with Gasteiger partial charge in [-0.15, -0.1) is 12.4 Å². The van der Waals surface area contributed by atoms with Gasteiger partial charge in [-0.3, -0.25) is 9.59 Å². The molecule has 140 valence electrons. The number of nitrogens with zero attached hydrogens (tertiary/aromatic N) is 1. The second-order valence-electron chi connectivity index (χ2n) is 6.49. The molecule has 3 rings (SSSR count). The van der Waals surface area contributed by atoms with E-state index in [9.17, 15) is 9.59 Å². The van der Waals surface area contributed by atoms with Crippen LogP contribution in [0.3, 0.4) is 0 Å². The van der Waals surface area contributed by atoms with Crippen molar-refractivity contribution in [2.24, 2.45) is 0 Å². The molecule has 2 heterocycles. The van der Waals surface area contributed by atoms with Crippen molar-refractivity contribution in [1.82, 2.24) is 15.2 Å². The number of amides is 1. The second kappa shape index (κ2) is 9.55. The predicted molar refractivity (Wildman–Crippen MR) is 105 cm³/mol. The Hall–Kier alpha value is -2.11. The molecule has 0 saturated carbocycles. The summed E-state index contributed by atoms with van der Waals surface area (Å²) in [5, 5.41) is 3.35. The van der Waals surface area contributed by atoms with Crippen LogP contribution in [0.1, 0.15) is 52.5 Å². The summed E-state index contributed by atoms with van der Waals surface area (Å²) >= 11 is 0. The molecule has 2 aromatic rings. The third kappa shape index (κ3) is 4.54. The van der Waals surface area contributed by atoms with Crippen LogP contribution in [0.4, 0.5) is 0 Å². The molecule has 0 spiro atoms. The zero-order valence-electron chi connectivity index (χ0n) is 15.0. The van der Waals surface area contributed by atoms with Crippen molar-refractivity contribution in [3.63, 3.8) is 0 Å². The highest BCUT2D eigenvalue weighted by atomic mass is 35.5. The van der Waals surface area contributed by atoms with Gasteiger partial charge in [-0.1, -0.05) is 19.1 Å². The molecule has 1 amide bonds. The minimum absolute atomic E-state index is 0. The highest BCUT2D eigenvalue weighted by Crippen LogP contribution is 2.18. The van der Waals surface area contributed by atoms with Crippen LogP contribution in [0.5, 0.6) is 0 Å². The van der Waals surface area contributed by atoms with Gasteiger partial charge < -0.3 is 15.2 Å². The molecule has 5 nitrogen and oxygen atoms in total. The smallest absolute Gasteiger partial charge is 0.254 e. The Labute approximate surface area is 160 Å². The number of hydrogen-bond donors (Lipinski definition) is 2. The zero-order valence-corrected chi connectivity index (χ0v) is 15.8. The Morgan fingerprint density at radius 3 is 2.27 bits per heavy atom. The van der Waals surface area contributed by atoms with Crippen molar-refractivity contribution in [3.05, 3.63) is 59.4 Å². The molecule has 1 aliphatic rings. The number of piperidine rings is 1. The van der Waals surface area contributed by atoms with Crippen molar-refractivity contribution in [2.45, 2.75) is 32.2 Å². The van der Waals surface area contributed by atoms with Gasteiger partial charge >= 0.3 is 0 Å². The van der Waals surface area contributed by atoms with Crippen LogP contribution >= 0.6 is 12.4 Å². The lowest BCUT2D eigenvalue weighted by Crippen LogP contribution is -2.46. The first-order valence-corrected chi connectivity index (χ1v) is 9.00. The second-order valence-corrected chi connectivity index (χ2v) is 6.49. The number of rotatable bonds is 6. The molecule has 1 saturated heterocycles. The number of benzene rings is 1. The van der Waals surface area contributed by atoms with Crippen molar-refractivity contribution >= 4 is 24.1 Å². The van der Waals surface area contributed by atoms with E-state index in [1.807, 2.05) is 4.90 Å². The molecule has 26 heavy (non-hydrogen) atoms. The van der Waals surface area contributed by atoms with Crippen molar-refractivity contribution < 1.29 is 9.59 Å². The molecule has 1 fully saturated rings. The summed E-state index contributed by atoms with van der Waals surface area (Å²) in [6.45, 7) is 4.79. The van der Waals surface area contributed by atoms with Crippen LogP contribution in [0, 0.1) is 0 Å². The number of carbonyl (C=O) groups is 2.